The topological polar surface area (TPSA) is 69.6 Å². The molecule has 1 amide bonds. The van der Waals surface area contributed by atoms with Crippen molar-refractivity contribution < 1.29 is 14.7 Å². The third kappa shape index (κ3) is 2.55. The average molecular weight is 310 g/mol. The maximum Gasteiger partial charge on any atom is 0.352 e. The predicted octanol–water partition coefficient (Wildman–Crippen LogP) is 1.83. The molecule has 0 saturated carbocycles. The Labute approximate surface area is 124 Å². The molecule has 0 spiro atoms. The molecule has 1 aromatic rings. The molecule has 2 atom stereocenters. The van der Waals surface area contributed by atoms with Gasteiger partial charge in [-0.15, -0.1) is 11.3 Å². The Morgan fingerprint density at radius 3 is 3.05 bits per heavy atom. The van der Waals surface area contributed by atoms with Crippen LogP contribution in [0.5, 0.6) is 0 Å². The molecule has 5 nitrogen and oxygen atoms in total. The maximum absolute atomic E-state index is 11.9. The van der Waals surface area contributed by atoms with Crippen molar-refractivity contribution in [1.82, 2.24) is 9.62 Å². The molecule has 106 valence electrons. The first kappa shape index (κ1) is 13.5. The molecule has 1 aromatic heterocycles. The van der Waals surface area contributed by atoms with E-state index in [1.807, 2.05) is 17.5 Å². The van der Waals surface area contributed by atoms with Gasteiger partial charge >= 0.3 is 5.97 Å². The molecule has 0 radical (unpaired) electrons. The van der Waals surface area contributed by atoms with Gasteiger partial charge < -0.3 is 14.7 Å². The molecule has 0 unspecified atom stereocenters. The van der Waals surface area contributed by atoms with E-state index >= 15 is 0 Å². The van der Waals surface area contributed by atoms with Crippen LogP contribution in [0.1, 0.15) is 17.7 Å². The zero-order valence-electron chi connectivity index (χ0n) is 10.6. The number of rotatable bonds is 4. The molecule has 2 N–H and O–H groups in total. The first-order chi connectivity index (χ1) is 9.65. The molecule has 7 heteroatoms. The summed E-state index contributed by atoms with van der Waals surface area (Å²) in [4.78, 5) is 24.1. The lowest BCUT2D eigenvalue weighted by atomic mass is 10.0. The standard InChI is InChI=1S/C13H14N2O3S2/c16-11(7-8-3-2-6-19-8)14-12-9-4-1-5-10(13(17)18)15(9)20-12/h2-3,5-6,9,12H,1,4,7H2,(H,14,16)(H,17,18)/t9-,12-/m1/s1. The summed E-state index contributed by atoms with van der Waals surface area (Å²) in [6.45, 7) is 0. The third-order valence-electron chi connectivity index (χ3n) is 3.35. The van der Waals surface area contributed by atoms with Gasteiger partial charge in [0.2, 0.25) is 5.91 Å². The zero-order valence-corrected chi connectivity index (χ0v) is 12.2. The summed E-state index contributed by atoms with van der Waals surface area (Å²) in [5.74, 6) is -0.901. The molecular formula is C13H14N2O3S2. The second-order valence-corrected chi connectivity index (χ2v) is 6.86. The summed E-state index contributed by atoms with van der Waals surface area (Å²) in [6.07, 6.45) is 3.77. The molecule has 0 aliphatic carbocycles. The van der Waals surface area contributed by atoms with Gasteiger partial charge in [0.25, 0.3) is 0 Å². The number of carbonyl (C=O) groups excluding carboxylic acids is 1. The summed E-state index contributed by atoms with van der Waals surface area (Å²) in [5.41, 5.74) is 0.343. The largest absolute Gasteiger partial charge is 0.477 e. The van der Waals surface area contributed by atoms with Gasteiger partial charge in [0.15, 0.2) is 0 Å². The molecule has 1 saturated heterocycles. The van der Waals surface area contributed by atoms with Gasteiger partial charge in [-0.3, -0.25) is 4.79 Å². The molecule has 0 aromatic carbocycles. The molecule has 20 heavy (non-hydrogen) atoms. The van der Waals surface area contributed by atoms with Crippen LogP contribution in [0.4, 0.5) is 0 Å². The molecule has 2 aliphatic rings. The maximum atomic E-state index is 11.9. The van der Waals surface area contributed by atoms with Crippen molar-refractivity contribution in [2.45, 2.75) is 30.7 Å². The number of nitrogens with zero attached hydrogens (tertiary/aromatic N) is 1. The molecule has 3 heterocycles. The Balaban J connectivity index is 1.55. The lowest BCUT2D eigenvalue weighted by Gasteiger charge is -2.49. The fraction of sp³-hybridized carbons (Fsp3) is 0.385. The lowest BCUT2D eigenvalue weighted by Crippen LogP contribution is -2.59. The number of fused-ring (bicyclic) bond motifs is 1. The summed E-state index contributed by atoms with van der Waals surface area (Å²) in [6, 6.07) is 3.97. The van der Waals surface area contributed by atoms with Crippen LogP contribution in [-0.4, -0.2) is 32.7 Å². The number of hydrogen-bond donors (Lipinski definition) is 2. The summed E-state index contributed by atoms with van der Waals surface area (Å²) >= 11 is 2.96. The van der Waals surface area contributed by atoms with E-state index in [9.17, 15) is 9.59 Å². The van der Waals surface area contributed by atoms with E-state index in [1.54, 1.807) is 21.7 Å². The smallest absolute Gasteiger partial charge is 0.352 e. The molecule has 0 bridgehead atoms. The van der Waals surface area contributed by atoms with Crippen LogP contribution in [0.15, 0.2) is 29.3 Å². The zero-order chi connectivity index (χ0) is 14.1. The number of amides is 1. The van der Waals surface area contributed by atoms with E-state index in [1.165, 1.54) is 11.9 Å². The molecular weight excluding hydrogens is 296 g/mol. The van der Waals surface area contributed by atoms with Crippen LogP contribution in [0.25, 0.3) is 0 Å². The molecule has 1 fully saturated rings. The summed E-state index contributed by atoms with van der Waals surface area (Å²) in [5, 5.41) is 14.0. The fourth-order valence-electron chi connectivity index (χ4n) is 2.40. The summed E-state index contributed by atoms with van der Waals surface area (Å²) in [7, 11) is 0. The van der Waals surface area contributed by atoms with Crippen LogP contribution in [0, 0.1) is 0 Å². The van der Waals surface area contributed by atoms with Crippen molar-refractivity contribution in [3.63, 3.8) is 0 Å². The van der Waals surface area contributed by atoms with Crippen LogP contribution in [-0.2, 0) is 16.0 Å². The van der Waals surface area contributed by atoms with Gasteiger partial charge in [0.05, 0.1) is 12.5 Å². The molecule has 2 aliphatic heterocycles. The highest BCUT2D eigenvalue weighted by Gasteiger charge is 2.45. The number of nitrogens with one attached hydrogen (secondary N) is 1. The highest BCUT2D eigenvalue weighted by atomic mass is 32.2. The first-order valence-corrected chi connectivity index (χ1v) is 8.08. The first-order valence-electron chi connectivity index (χ1n) is 6.36. The Hall–Kier alpha value is -1.47. The number of carbonyl (C=O) groups is 2. The van der Waals surface area contributed by atoms with E-state index in [0.29, 0.717) is 12.1 Å². The number of carboxylic acid groups (broad SMARTS) is 1. The van der Waals surface area contributed by atoms with Crippen LogP contribution in [0.2, 0.25) is 0 Å². The van der Waals surface area contributed by atoms with Gasteiger partial charge in [-0.2, -0.15) is 0 Å². The van der Waals surface area contributed by atoms with Crippen molar-refractivity contribution in [1.29, 1.82) is 0 Å². The van der Waals surface area contributed by atoms with Gasteiger partial charge in [-0.1, -0.05) is 12.1 Å². The number of aliphatic carboxylic acids is 1. The quantitative estimate of drug-likeness (QED) is 0.830. The van der Waals surface area contributed by atoms with Crippen molar-refractivity contribution in [2.75, 3.05) is 0 Å². The number of hydrogen-bond acceptors (Lipinski definition) is 5. The third-order valence-corrected chi connectivity index (χ3v) is 5.58. The Morgan fingerprint density at radius 1 is 1.50 bits per heavy atom. The van der Waals surface area contributed by atoms with Gasteiger partial charge in [-0.05, 0) is 36.2 Å². The fourth-order valence-corrected chi connectivity index (χ4v) is 4.39. The number of thiophene rings is 1. The van der Waals surface area contributed by atoms with E-state index in [0.717, 1.165) is 17.7 Å². The normalized spacial score (nSPS) is 24.4. The van der Waals surface area contributed by atoms with Gasteiger partial charge in [0, 0.05) is 4.88 Å². The predicted molar refractivity (Wildman–Crippen MR) is 78.1 cm³/mol. The monoisotopic (exact) mass is 310 g/mol. The minimum absolute atomic E-state index is 0.00368. The molecule has 3 rings (SSSR count). The highest BCUT2D eigenvalue weighted by Crippen LogP contribution is 2.43. The van der Waals surface area contributed by atoms with Crippen LogP contribution < -0.4 is 5.32 Å². The van der Waals surface area contributed by atoms with Crippen molar-refractivity contribution >= 4 is 35.2 Å². The Morgan fingerprint density at radius 2 is 2.35 bits per heavy atom. The Bertz CT molecular complexity index is 556. The SMILES string of the molecule is O=C(Cc1cccs1)N[C@@H]1SN2C(C(=O)O)=CCC[C@H]12. The van der Waals surface area contributed by atoms with Crippen molar-refractivity contribution in [2.24, 2.45) is 0 Å². The van der Waals surface area contributed by atoms with Crippen molar-refractivity contribution in [3.05, 3.63) is 34.2 Å². The van der Waals surface area contributed by atoms with E-state index in [4.69, 9.17) is 5.11 Å². The van der Waals surface area contributed by atoms with Crippen LogP contribution >= 0.6 is 23.3 Å². The lowest BCUT2D eigenvalue weighted by molar-refractivity contribution is -0.134. The van der Waals surface area contributed by atoms with Crippen LogP contribution in [0.3, 0.4) is 0 Å². The van der Waals surface area contributed by atoms with Gasteiger partial charge in [0.1, 0.15) is 11.1 Å². The number of carboxylic acids is 1. The minimum atomic E-state index is -0.898. The van der Waals surface area contributed by atoms with E-state index < -0.39 is 5.97 Å². The van der Waals surface area contributed by atoms with E-state index in [2.05, 4.69) is 5.32 Å². The highest BCUT2D eigenvalue weighted by molar-refractivity contribution is 7.99. The number of allylic oxidation sites excluding steroid dienone is 1. The van der Waals surface area contributed by atoms with Crippen molar-refractivity contribution in [3.8, 4) is 0 Å². The second kappa shape index (κ2) is 5.49. The second-order valence-electron chi connectivity index (χ2n) is 4.71. The minimum Gasteiger partial charge on any atom is -0.477 e. The Kier molecular flexibility index (Phi) is 3.71. The summed E-state index contributed by atoms with van der Waals surface area (Å²) < 4.78 is 1.79. The average Bonchev–Trinajstić information content (AvgIpc) is 2.88. The van der Waals surface area contributed by atoms with E-state index in [-0.39, 0.29) is 17.3 Å². The van der Waals surface area contributed by atoms with Gasteiger partial charge in [-0.25, -0.2) is 4.79 Å².